The van der Waals surface area contributed by atoms with Gasteiger partial charge in [0.15, 0.2) is 0 Å². The fourth-order valence-corrected chi connectivity index (χ4v) is 12.8. The Balaban J connectivity index is 0.000000442. The second-order valence-corrected chi connectivity index (χ2v) is 29.7. The van der Waals surface area contributed by atoms with E-state index in [2.05, 4.69) is 145 Å². The molecule has 4 aliphatic heterocycles. The number of halogens is 7. The molecule has 0 radical (unpaired) electrons. The number of carbonyl (C=O) groups excluding carboxylic acids is 6. The van der Waals surface area contributed by atoms with E-state index in [-0.39, 0.29) is 60.4 Å². The highest BCUT2D eigenvalue weighted by Crippen LogP contribution is 2.36. The maximum Gasteiger partial charge on any atom is 0.410 e. The Hall–Kier alpha value is -5.88. The molecule has 33 nitrogen and oxygen atoms in total. The molecule has 4 aromatic rings. The zero-order valence-electron chi connectivity index (χ0n) is 59.8. The summed E-state index contributed by atoms with van der Waals surface area (Å²) in [5.41, 5.74) is 16.0. The first-order valence-electron chi connectivity index (χ1n) is 32.0. The SMILES string of the molecule is C=CC(=O)Cl.CC(C)(C)OC(=O)N1CC[C@H](n2nc(Br)c(C#N)c2Br)C1.COCCN.COCCNc1c(C#N)c(Br)nn1[C@H]1CCN(C(=O)OC(C)(C)C)C1.COCCNc1c(C(N)=O)c(Br)nn1[C@H]1CCN(C(=O)OC(C)(C)C)C1.COCCNc1c(C(N)=O)c(Br)nn1[C@H]1CCNC1.Cl. The molecule has 0 saturated carbocycles. The molecular formula is C62H97Br5Cl2N20O13. The summed E-state index contributed by atoms with van der Waals surface area (Å²) in [5, 5.41) is 48.3. The molecule has 4 atom stereocenters. The van der Waals surface area contributed by atoms with Gasteiger partial charge in [0.05, 0.1) is 50.6 Å². The number of nitrogens with two attached hydrogens (primary N) is 3. The molecule has 8 heterocycles. The van der Waals surface area contributed by atoms with E-state index in [0.29, 0.717) is 155 Å². The number of methoxy groups -OCH3 is 4. The van der Waals surface area contributed by atoms with E-state index in [1.54, 1.807) is 57.2 Å². The van der Waals surface area contributed by atoms with Gasteiger partial charge in [-0.05, 0) is 192 Å². The van der Waals surface area contributed by atoms with Crippen LogP contribution in [0.25, 0.3) is 0 Å². The zero-order chi connectivity index (χ0) is 76.1. The van der Waals surface area contributed by atoms with Gasteiger partial charge in [-0.25, -0.2) is 28.4 Å². The van der Waals surface area contributed by atoms with Crippen LogP contribution in [0.3, 0.4) is 0 Å². The number of carbonyl (C=O) groups is 6. The van der Waals surface area contributed by atoms with Crippen LogP contribution in [-0.4, -0.2) is 239 Å². The van der Waals surface area contributed by atoms with E-state index in [1.165, 1.54) is 0 Å². The first-order valence-corrected chi connectivity index (χ1v) is 36.3. The quantitative estimate of drug-likeness (QED) is 0.0177. The van der Waals surface area contributed by atoms with Crippen molar-refractivity contribution in [1.29, 1.82) is 10.5 Å². The topological polar surface area (TPSA) is 422 Å². The number of aromatic nitrogens is 8. The van der Waals surface area contributed by atoms with Crippen molar-refractivity contribution in [3.05, 3.63) is 57.9 Å². The number of hydrogen-bond acceptors (Lipinski definition) is 24. The van der Waals surface area contributed by atoms with E-state index in [9.17, 15) is 34.0 Å². The second kappa shape index (κ2) is 44.8. The Bertz CT molecular complexity index is 3460. The number of nitriles is 2. The average molecular weight is 1800 g/mol. The Morgan fingerprint density at radius 1 is 0.559 bits per heavy atom. The summed E-state index contributed by atoms with van der Waals surface area (Å²) in [7, 11) is 6.48. The van der Waals surface area contributed by atoms with Crippen molar-refractivity contribution in [3.63, 3.8) is 0 Å². The Kier molecular flexibility index (Phi) is 40.5. The number of nitrogens with zero attached hydrogens (tertiary/aromatic N) is 13. The molecule has 572 valence electrons. The lowest BCUT2D eigenvalue weighted by Crippen LogP contribution is -2.35. The lowest BCUT2D eigenvalue weighted by molar-refractivity contribution is -0.107. The molecule has 0 unspecified atom stereocenters. The third kappa shape index (κ3) is 29.6. The smallest absolute Gasteiger partial charge is 0.410 e. The fraction of sp³-hybridized carbons (Fsp3) is 0.645. The number of hydrogen-bond donors (Lipinski definition) is 7. The van der Waals surface area contributed by atoms with E-state index < -0.39 is 33.9 Å². The first-order chi connectivity index (χ1) is 47.5. The fourth-order valence-electron chi connectivity index (χ4n) is 9.86. The minimum Gasteiger partial charge on any atom is -0.444 e. The molecule has 0 spiro atoms. The summed E-state index contributed by atoms with van der Waals surface area (Å²) in [4.78, 5) is 74.4. The van der Waals surface area contributed by atoms with Crippen molar-refractivity contribution in [3.8, 4) is 12.1 Å². The summed E-state index contributed by atoms with van der Waals surface area (Å²) in [6.07, 6.45) is 3.25. The predicted octanol–water partition coefficient (Wildman–Crippen LogP) is 9.49. The normalized spacial score (nSPS) is 16.8. The molecule has 0 aliphatic carbocycles. The van der Waals surface area contributed by atoms with Gasteiger partial charge < -0.3 is 86.3 Å². The van der Waals surface area contributed by atoms with Crippen molar-refractivity contribution in [1.82, 2.24) is 59.1 Å². The summed E-state index contributed by atoms with van der Waals surface area (Å²) in [6.45, 7) is 29.1. The van der Waals surface area contributed by atoms with Crippen LogP contribution in [0.1, 0.15) is 144 Å². The molecule has 5 amide bonds. The molecule has 4 fully saturated rings. The standard InChI is InChI=1S/C16H26BrN5O4.C16H24BrN5O3.C13H16Br2N4O2.C11H18BrN5O2.C3H3ClO.C3H9NO.ClH/c1-16(2,3)26-15(24)21-7-5-10(9-21)22-14(19-6-8-25-4)11(13(18)23)12(17)20-22;1-16(2,3)25-15(23)21-7-5-11(10-21)22-14(19-6-8-24-4)12(9-18)13(17)20-22;1-13(2,3)21-12(20)18-5-4-8(7-18)19-11(15)9(6-16)10(14)17-19;1-19-5-4-15-11-8(10(13)18)9(12)16-17(11)7-2-3-14-6-7;1-2-3(4)5;1-5-3-2-4;/h10,19H,5-9H2,1-4H3,(H2,18,23);11,19H,5-8,10H2,1-4H3;8H,4-5,7H2,1-3H3;7,14-15H,2-6H2,1H3,(H2,13,18);2H,1H2;2-4H2,1H3;1H/t10-;11-;8-;7-;;;/m0000.../s1. The number of allylic oxidation sites excluding steroid dienone is 1. The van der Waals surface area contributed by atoms with Crippen LogP contribution >= 0.6 is 104 Å². The van der Waals surface area contributed by atoms with E-state index in [0.717, 1.165) is 38.4 Å². The molecule has 0 aromatic carbocycles. The van der Waals surface area contributed by atoms with Crippen LogP contribution in [0.5, 0.6) is 0 Å². The predicted molar refractivity (Wildman–Crippen MR) is 405 cm³/mol. The van der Waals surface area contributed by atoms with E-state index >= 15 is 0 Å². The molecule has 4 aromatic heterocycles. The van der Waals surface area contributed by atoms with Gasteiger partial charge in [-0.2, -0.15) is 30.9 Å². The van der Waals surface area contributed by atoms with Crippen molar-refractivity contribution in [2.24, 2.45) is 17.2 Å². The Morgan fingerprint density at radius 3 is 1.18 bits per heavy atom. The summed E-state index contributed by atoms with van der Waals surface area (Å²) in [6, 6.07) is 4.41. The minimum atomic E-state index is -0.579. The molecular weight excluding hydrogens is 1700 g/mol. The van der Waals surface area contributed by atoms with Crippen LogP contribution < -0.4 is 38.5 Å². The van der Waals surface area contributed by atoms with Crippen LogP contribution in [0.15, 0.2) is 35.7 Å². The molecule has 8 rings (SSSR count). The summed E-state index contributed by atoms with van der Waals surface area (Å²) < 4.78 is 45.4. The summed E-state index contributed by atoms with van der Waals surface area (Å²) in [5.74, 6) is 0.749. The highest BCUT2D eigenvalue weighted by molar-refractivity contribution is 9.11. The van der Waals surface area contributed by atoms with Gasteiger partial charge in [-0.15, -0.1) is 12.4 Å². The monoisotopic (exact) mass is 1790 g/mol. The van der Waals surface area contributed by atoms with Crippen LogP contribution in [0.4, 0.5) is 31.8 Å². The van der Waals surface area contributed by atoms with E-state index in [1.807, 2.05) is 67.0 Å². The maximum atomic E-state index is 12.3. The first kappa shape index (κ1) is 92.2. The van der Waals surface area contributed by atoms with Crippen molar-refractivity contribution < 1.29 is 61.9 Å². The number of nitrogens with one attached hydrogen (secondary N) is 4. The average Bonchev–Trinajstić information content (AvgIpc) is 1.66. The Labute approximate surface area is 648 Å². The molecule has 40 heteroatoms. The number of amides is 5. The number of primary amides is 2. The van der Waals surface area contributed by atoms with Crippen LogP contribution in [0, 0.1) is 22.7 Å². The van der Waals surface area contributed by atoms with Gasteiger partial charge in [0.2, 0.25) is 5.24 Å². The van der Waals surface area contributed by atoms with Crippen LogP contribution in [0.2, 0.25) is 0 Å². The van der Waals surface area contributed by atoms with Gasteiger partial charge in [-0.1, -0.05) is 6.58 Å². The lowest BCUT2D eigenvalue weighted by Gasteiger charge is -2.24. The van der Waals surface area contributed by atoms with Crippen molar-refractivity contribution in [2.45, 2.75) is 129 Å². The Morgan fingerprint density at radius 2 is 0.882 bits per heavy atom. The molecule has 4 aliphatic rings. The molecule has 102 heavy (non-hydrogen) atoms. The van der Waals surface area contributed by atoms with Crippen molar-refractivity contribution in [2.75, 3.05) is 149 Å². The highest BCUT2D eigenvalue weighted by Gasteiger charge is 2.37. The van der Waals surface area contributed by atoms with Gasteiger partial charge >= 0.3 is 18.3 Å². The number of likely N-dealkylation sites (tertiary alicyclic amines) is 3. The molecule has 4 saturated heterocycles. The lowest BCUT2D eigenvalue weighted by atomic mass is 10.2. The molecule has 10 N–H and O–H groups in total. The second-order valence-electron chi connectivity index (χ2n) is 25.5. The van der Waals surface area contributed by atoms with Gasteiger partial charge in [0, 0.05) is 100 Å². The van der Waals surface area contributed by atoms with Gasteiger partial charge in [0.1, 0.15) is 91.7 Å². The summed E-state index contributed by atoms with van der Waals surface area (Å²) >= 11 is 21.3. The maximum absolute atomic E-state index is 12.3. The number of anilines is 3. The van der Waals surface area contributed by atoms with Gasteiger partial charge in [-0.3, -0.25) is 19.1 Å². The molecule has 0 bridgehead atoms. The number of ether oxygens (including phenoxy) is 7. The zero-order valence-corrected chi connectivity index (χ0v) is 69.3. The number of rotatable bonds is 21. The van der Waals surface area contributed by atoms with Crippen LogP contribution in [-0.2, 0) is 38.0 Å². The highest BCUT2D eigenvalue weighted by atomic mass is 79.9. The van der Waals surface area contributed by atoms with E-state index in [4.69, 9.17) is 62.5 Å². The third-order valence-corrected chi connectivity index (χ3v) is 17.4. The third-order valence-electron chi connectivity index (χ3n) is 14.3. The van der Waals surface area contributed by atoms with Gasteiger partial charge in [0.25, 0.3) is 11.8 Å². The van der Waals surface area contributed by atoms with Crippen molar-refractivity contribution >= 4 is 156 Å². The largest absolute Gasteiger partial charge is 0.444 e. The minimum absolute atomic E-state index is 0.